The van der Waals surface area contributed by atoms with Gasteiger partial charge in [0, 0.05) is 23.6 Å². The highest BCUT2D eigenvalue weighted by atomic mass is 16.2. The number of aromatic amines is 2. The standard InChI is InChI=1S/C19H22N4O/c1-13-11-21-22-19(13)17-8-4-5-9-23(17)18(24)10-14-12-20-16-7-3-2-6-15(14)16/h2-3,6-7,11-12,17,20H,4-5,8-10H2,1H3,(H,21,22)/t17-/m1/s1. The largest absolute Gasteiger partial charge is 0.361 e. The molecule has 2 aromatic heterocycles. The van der Waals surface area contributed by atoms with Crippen LogP contribution >= 0.6 is 0 Å². The van der Waals surface area contributed by atoms with E-state index in [4.69, 9.17) is 0 Å². The third-order valence-corrected chi connectivity index (χ3v) is 5.04. The number of hydrogen-bond donors (Lipinski definition) is 2. The van der Waals surface area contributed by atoms with Gasteiger partial charge in [-0.2, -0.15) is 5.10 Å². The summed E-state index contributed by atoms with van der Waals surface area (Å²) < 4.78 is 0. The molecule has 0 bridgehead atoms. The Morgan fingerprint density at radius 2 is 2.21 bits per heavy atom. The van der Waals surface area contributed by atoms with Gasteiger partial charge in [0.15, 0.2) is 0 Å². The topological polar surface area (TPSA) is 64.8 Å². The molecule has 5 nitrogen and oxygen atoms in total. The predicted molar refractivity (Wildman–Crippen MR) is 93.6 cm³/mol. The van der Waals surface area contributed by atoms with E-state index in [1.807, 2.05) is 35.5 Å². The average molecular weight is 322 g/mol. The van der Waals surface area contributed by atoms with E-state index in [1.54, 1.807) is 0 Å². The molecule has 3 aromatic rings. The van der Waals surface area contributed by atoms with Crippen LogP contribution in [0.25, 0.3) is 10.9 Å². The molecule has 5 heteroatoms. The number of carbonyl (C=O) groups is 1. The van der Waals surface area contributed by atoms with Gasteiger partial charge in [-0.3, -0.25) is 9.89 Å². The van der Waals surface area contributed by atoms with Crippen molar-refractivity contribution in [2.75, 3.05) is 6.54 Å². The number of para-hydroxylation sites is 1. The van der Waals surface area contributed by atoms with Gasteiger partial charge in [0.05, 0.1) is 24.4 Å². The number of carbonyl (C=O) groups excluding carboxylic acids is 1. The van der Waals surface area contributed by atoms with Crippen molar-refractivity contribution in [2.24, 2.45) is 0 Å². The second kappa shape index (κ2) is 6.15. The van der Waals surface area contributed by atoms with Crippen LogP contribution in [0.1, 0.15) is 42.1 Å². The summed E-state index contributed by atoms with van der Waals surface area (Å²) in [6.07, 6.45) is 7.47. The number of nitrogens with zero attached hydrogens (tertiary/aromatic N) is 2. The number of fused-ring (bicyclic) bond motifs is 1. The predicted octanol–water partition coefficient (Wildman–Crippen LogP) is 3.50. The van der Waals surface area contributed by atoms with Gasteiger partial charge in [-0.15, -0.1) is 0 Å². The van der Waals surface area contributed by atoms with Gasteiger partial charge < -0.3 is 9.88 Å². The molecule has 0 aliphatic carbocycles. The first kappa shape index (κ1) is 15.0. The first-order valence-corrected chi connectivity index (χ1v) is 8.58. The highest BCUT2D eigenvalue weighted by Gasteiger charge is 2.30. The summed E-state index contributed by atoms with van der Waals surface area (Å²) in [5.74, 6) is 0.193. The average Bonchev–Trinajstić information content (AvgIpc) is 3.21. The zero-order valence-corrected chi connectivity index (χ0v) is 13.9. The smallest absolute Gasteiger partial charge is 0.227 e. The molecule has 24 heavy (non-hydrogen) atoms. The first-order chi connectivity index (χ1) is 11.7. The van der Waals surface area contributed by atoms with Crippen molar-refractivity contribution in [3.05, 3.63) is 53.5 Å². The highest BCUT2D eigenvalue weighted by Crippen LogP contribution is 2.32. The lowest BCUT2D eigenvalue weighted by Crippen LogP contribution is -2.39. The van der Waals surface area contributed by atoms with Gasteiger partial charge in [0.25, 0.3) is 0 Å². The van der Waals surface area contributed by atoms with E-state index in [2.05, 4.69) is 28.2 Å². The van der Waals surface area contributed by atoms with Crippen molar-refractivity contribution in [1.82, 2.24) is 20.1 Å². The molecule has 1 aliphatic rings. The number of aryl methyl sites for hydroxylation is 1. The minimum atomic E-state index is 0.124. The maximum absolute atomic E-state index is 13.0. The maximum atomic E-state index is 13.0. The fourth-order valence-corrected chi connectivity index (χ4v) is 3.77. The molecule has 1 saturated heterocycles. The number of benzene rings is 1. The van der Waals surface area contributed by atoms with Crippen LogP contribution in [-0.4, -0.2) is 32.5 Å². The molecule has 2 N–H and O–H groups in total. The Balaban J connectivity index is 1.59. The van der Waals surface area contributed by atoms with Crippen LogP contribution < -0.4 is 0 Å². The summed E-state index contributed by atoms with van der Waals surface area (Å²) in [4.78, 5) is 18.3. The highest BCUT2D eigenvalue weighted by molar-refractivity contribution is 5.89. The van der Waals surface area contributed by atoms with Gasteiger partial charge in [-0.1, -0.05) is 18.2 Å². The van der Waals surface area contributed by atoms with Crippen LogP contribution in [-0.2, 0) is 11.2 Å². The molecule has 1 fully saturated rings. The summed E-state index contributed by atoms with van der Waals surface area (Å²) in [6, 6.07) is 8.26. The Morgan fingerprint density at radius 1 is 1.33 bits per heavy atom. The molecule has 3 heterocycles. The second-order valence-electron chi connectivity index (χ2n) is 6.60. The van der Waals surface area contributed by atoms with Crippen molar-refractivity contribution < 1.29 is 4.79 Å². The van der Waals surface area contributed by atoms with E-state index in [1.165, 1.54) is 0 Å². The van der Waals surface area contributed by atoms with Gasteiger partial charge in [0.2, 0.25) is 5.91 Å². The van der Waals surface area contributed by atoms with Crippen molar-refractivity contribution in [3.8, 4) is 0 Å². The van der Waals surface area contributed by atoms with Crippen LogP contribution in [0.15, 0.2) is 36.7 Å². The first-order valence-electron chi connectivity index (χ1n) is 8.58. The van der Waals surface area contributed by atoms with E-state index < -0.39 is 0 Å². The van der Waals surface area contributed by atoms with Crippen LogP contribution in [0.3, 0.4) is 0 Å². The molecule has 1 amide bonds. The molecule has 0 radical (unpaired) electrons. The third kappa shape index (κ3) is 2.60. The van der Waals surface area contributed by atoms with E-state index in [9.17, 15) is 4.79 Å². The Hall–Kier alpha value is -2.56. The molecule has 1 aliphatic heterocycles. The Kier molecular flexibility index (Phi) is 3.84. The normalized spacial score (nSPS) is 18.2. The summed E-state index contributed by atoms with van der Waals surface area (Å²) in [5.41, 5.74) is 4.37. The molecule has 1 aromatic carbocycles. The molecule has 124 valence electrons. The van der Waals surface area contributed by atoms with Gasteiger partial charge in [-0.25, -0.2) is 0 Å². The van der Waals surface area contributed by atoms with Gasteiger partial charge in [-0.05, 0) is 43.4 Å². The summed E-state index contributed by atoms with van der Waals surface area (Å²) in [5, 5.41) is 8.37. The number of H-pyrrole nitrogens is 2. The van der Waals surface area contributed by atoms with Crippen LogP contribution in [0.2, 0.25) is 0 Å². The zero-order chi connectivity index (χ0) is 16.5. The zero-order valence-electron chi connectivity index (χ0n) is 13.9. The number of rotatable bonds is 3. The number of amides is 1. The number of aromatic nitrogens is 3. The summed E-state index contributed by atoms with van der Waals surface area (Å²) in [7, 11) is 0. The lowest BCUT2D eigenvalue weighted by Gasteiger charge is -2.35. The van der Waals surface area contributed by atoms with E-state index >= 15 is 0 Å². The number of nitrogens with one attached hydrogen (secondary N) is 2. The minimum absolute atomic E-state index is 0.124. The van der Waals surface area contributed by atoms with Gasteiger partial charge in [0.1, 0.15) is 0 Å². The van der Waals surface area contributed by atoms with Crippen molar-refractivity contribution in [1.29, 1.82) is 0 Å². The molecule has 1 atom stereocenters. The third-order valence-electron chi connectivity index (χ3n) is 5.04. The lowest BCUT2D eigenvalue weighted by molar-refractivity contribution is -0.134. The molecule has 0 saturated carbocycles. The Labute approximate surface area is 141 Å². The summed E-state index contributed by atoms with van der Waals surface area (Å²) in [6.45, 7) is 2.88. The minimum Gasteiger partial charge on any atom is -0.361 e. The molecular formula is C19H22N4O. The monoisotopic (exact) mass is 322 g/mol. The summed E-state index contributed by atoms with van der Waals surface area (Å²) >= 11 is 0. The molecule has 0 spiro atoms. The quantitative estimate of drug-likeness (QED) is 0.775. The second-order valence-corrected chi connectivity index (χ2v) is 6.60. The van der Waals surface area contributed by atoms with E-state index in [0.29, 0.717) is 6.42 Å². The number of likely N-dealkylation sites (tertiary alicyclic amines) is 1. The lowest BCUT2D eigenvalue weighted by atomic mass is 9.96. The fraction of sp³-hybridized carbons (Fsp3) is 0.368. The van der Waals surface area contributed by atoms with Crippen molar-refractivity contribution in [2.45, 2.75) is 38.6 Å². The van der Waals surface area contributed by atoms with Crippen molar-refractivity contribution in [3.63, 3.8) is 0 Å². The molecular weight excluding hydrogens is 300 g/mol. The van der Waals surface area contributed by atoms with Crippen LogP contribution in [0, 0.1) is 6.92 Å². The van der Waals surface area contributed by atoms with Crippen LogP contribution in [0.5, 0.6) is 0 Å². The van der Waals surface area contributed by atoms with Crippen LogP contribution in [0.4, 0.5) is 0 Å². The maximum Gasteiger partial charge on any atom is 0.227 e. The Morgan fingerprint density at radius 3 is 3.04 bits per heavy atom. The molecule has 4 rings (SSSR count). The fourth-order valence-electron chi connectivity index (χ4n) is 3.77. The van der Waals surface area contributed by atoms with E-state index in [0.717, 1.165) is 53.5 Å². The SMILES string of the molecule is Cc1cn[nH]c1[C@H]1CCCCN1C(=O)Cc1c[nH]c2ccccc12. The molecule has 0 unspecified atom stereocenters. The van der Waals surface area contributed by atoms with Gasteiger partial charge >= 0.3 is 0 Å². The number of piperidine rings is 1. The number of hydrogen-bond acceptors (Lipinski definition) is 2. The Bertz CT molecular complexity index is 863. The van der Waals surface area contributed by atoms with E-state index in [-0.39, 0.29) is 11.9 Å². The van der Waals surface area contributed by atoms with Crippen molar-refractivity contribution >= 4 is 16.8 Å².